The van der Waals surface area contributed by atoms with Gasteiger partial charge in [0.15, 0.2) is 22.6 Å². The van der Waals surface area contributed by atoms with Crippen molar-refractivity contribution in [1.82, 2.24) is 9.97 Å². The number of anilines is 3. The number of hydrogen-bond acceptors (Lipinski definition) is 4. The number of fused-ring (bicyclic) bond motifs is 1. The van der Waals surface area contributed by atoms with Crippen molar-refractivity contribution in [3.63, 3.8) is 0 Å². The molecule has 1 atom stereocenters. The van der Waals surface area contributed by atoms with Crippen molar-refractivity contribution in [2.45, 2.75) is 18.7 Å². The molecule has 0 aliphatic carbocycles. The zero-order chi connectivity index (χ0) is 19.5. The van der Waals surface area contributed by atoms with Crippen LogP contribution in [-0.2, 0) is 11.0 Å². The van der Waals surface area contributed by atoms with Gasteiger partial charge >= 0.3 is 0 Å². The molecule has 0 amide bonds. The molecule has 0 aliphatic rings. The maximum Gasteiger partial charge on any atom is 0.182 e. The minimum absolute atomic E-state index is 0.445. The minimum Gasteiger partial charge on any atom is -0.337 e. The van der Waals surface area contributed by atoms with Gasteiger partial charge in [0.1, 0.15) is 0 Å². The van der Waals surface area contributed by atoms with Crippen molar-refractivity contribution >= 4 is 39.3 Å². The first-order chi connectivity index (χ1) is 13.6. The molecule has 140 valence electrons. The van der Waals surface area contributed by atoms with Gasteiger partial charge in [0.25, 0.3) is 0 Å². The highest BCUT2D eigenvalue weighted by molar-refractivity contribution is 7.86. The summed E-state index contributed by atoms with van der Waals surface area (Å²) < 4.78 is 15.9. The van der Waals surface area contributed by atoms with Crippen LogP contribution in [0.3, 0.4) is 0 Å². The fourth-order valence-corrected chi connectivity index (χ4v) is 3.63. The van der Waals surface area contributed by atoms with Crippen LogP contribution in [-0.4, -0.2) is 14.2 Å². The Balaban J connectivity index is 1.73. The molecular weight excluding hydrogens is 368 g/mol. The van der Waals surface area contributed by atoms with Crippen molar-refractivity contribution in [2.75, 3.05) is 10.0 Å². The Labute approximate surface area is 166 Å². The van der Waals surface area contributed by atoms with E-state index >= 15 is 0 Å². The molecule has 6 heteroatoms. The Bertz CT molecular complexity index is 1160. The van der Waals surface area contributed by atoms with Crippen LogP contribution in [0, 0.1) is 13.8 Å². The summed E-state index contributed by atoms with van der Waals surface area (Å²) in [4.78, 5) is 10.0. The number of aryl methyl sites for hydroxylation is 2. The molecule has 4 aromatic rings. The second-order valence-corrected chi connectivity index (χ2v) is 7.75. The van der Waals surface area contributed by atoms with Gasteiger partial charge in [-0.15, -0.1) is 0 Å². The van der Waals surface area contributed by atoms with E-state index in [0.717, 1.165) is 27.8 Å². The Kier molecular flexibility index (Phi) is 5.04. The fraction of sp³-hybridized carbons (Fsp3) is 0.0909. The van der Waals surface area contributed by atoms with E-state index in [-0.39, 0.29) is 0 Å². The number of para-hydroxylation sites is 3. The zero-order valence-corrected chi connectivity index (χ0v) is 16.5. The summed E-state index contributed by atoms with van der Waals surface area (Å²) in [6.07, 6.45) is 0. The largest absolute Gasteiger partial charge is 0.337 e. The molecule has 0 spiro atoms. The molecule has 0 saturated heterocycles. The van der Waals surface area contributed by atoms with E-state index in [4.69, 9.17) is 4.98 Å². The maximum atomic E-state index is 12.8. The van der Waals surface area contributed by atoms with Crippen LogP contribution in [0.2, 0.25) is 0 Å². The third kappa shape index (κ3) is 3.87. The molecule has 5 nitrogen and oxygen atoms in total. The van der Waals surface area contributed by atoms with E-state index in [9.17, 15) is 4.21 Å². The average molecular weight is 388 g/mol. The Hall–Kier alpha value is -3.25. The molecule has 3 aromatic carbocycles. The smallest absolute Gasteiger partial charge is 0.182 e. The number of benzene rings is 3. The molecule has 2 N–H and O–H groups in total. The zero-order valence-electron chi connectivity index (χ0n) is 15.6. The maximum absolute atomic E-state index is 12.8. The first kappa shape index (κ1) is 18.1. The first-order valence-corrected chi connectivity index (χ1v) is 10.1. The highest BCUT2D eigenvalue weighted by Gasteiger charge is 2.13. The van der Waals surface area contributed by atoms with Gasteiger partial charge in [0.2, 0.25) is 0 Å². The molecule has 0 radical (unpaired) electrons. The van der Waals surface area contributed by atoms with Gasteiger partial charge in [-0.1, -0.05) is 48.0 Å². The topological polar surface area (TPSA) is 66.9 Å². The van der Waals surface area contributed by atoms with E-state index < -0.39 is 11.0 Å². The van der Waals surface area contributed by atoms with Crippen LogP contribution >= 0.6 is 0 Å². The van der Waals surface area contributed by atoms with Gasteiger partial charge < -0.3 is 5.32 Å². The highest BCUT2D eigenvalue weighted by Crippen LogP contribution is 2.27. The Morgan fingerprint density at radius 2 is 1.36 bits per heavy atom. The van der Waals surface area contributed by atoms with Gasteiger partial charge in [-0.3, -0.25) is 4.72 Å². The van der Waals surface area contributed by atoms with Crippen LogP contribution in [0.15, 0.2) is 77.7 Å². The summed E-state index contributed by atoms with van der Waals surface area (Å²) in [6.45, 7) is 4.02. The second-order valence-electron chi connectivity index (χ2n) is 6.53. The second kappa shape index (κ2) is 7.78. The van der Waals surface area contributed by atoms with Crippen LogP contribution < -0.4 is 10.0 Å². The molecular formula is C22H20N4OS. The van der Waals surface area contributed by atoms with Crippen LogP contribution in [0.5, 0.6) is 0 Å². The quantitative estimate of drug-likeness (QED) is 0.498. The molecule has 0 aliphatic heterocycles. The lowest BCUT2D eigenvalue weighted by Gasteiger charge is -2.14. The standard InChI is InChI=1S/C22H20N4OS/c1-15-11-13-17(14-12-15)28(27)26-22-21(23-18-8-4-3-7-16(18)2)24-19-9-5-6-10-20(19)25-22/h3-14H,1-2H3,(H,23,24)(H,25,26). The van der Waals surface area contributed by atoms with Crippen molar-refractivity contribution in [2.24, 2.45) is 0 Å². The Morgan fingerprint density at radius 3 is 2.04 bits per heavy atom. The van der Waals surface area contributed by atoms with E-state index in [1.54, 1.807) is 0 Å². The summed E-state index contributed by atoms with van der Waals surface area (Å²) in [5.41, 5.74) is 4.64. The molecule has 28 heavy (non-hydrogen) atoms. The number of rotatable bonds is 5. The summed E-state index contributed by atoms with van der Waals surface area (Å²) in [5.74, 6) is 0.981. The molecule has 4 rings (SSSR count). The average Bonchev–Trinajstić information content (AvgIpc) is 2.70. The van der Waals surface area contributed by atoms with Crippen molar-refractivity contribution in [3.8, 4) is 0 Å². The van der Waals surface area contributed by atoms with Crippen LogP contribution in [0.1, 0.15) is 11.1 Å². The normalized spacial score (nSPS) is 11.9. The van der Waals surface area contributed by atoms with Gasteiger partial charge in [-0.2, -0.15) is 0 Å². The molecule has 1 heterocycles. The van der Waals surface area contributed by atoms with E-state index in [1.807, 2.05) is 86.6 Å². The number of aromatic nitrogens is 2. The summed E-state index contributed by atoms with van der Waals surface area (Å²) in [5, 5.41) is 3.33. The van der Waals surface area contributed by atoms with Gasteiger partial charge in [0, 0.05) is 5.69 Å². The molecule has 0 bridgehead atoms. The van der Waals surface area contributed by atoms with Crippen LogP contribution in [0.4, 0.5) is 17.3 Å². The van der Waals surface area contributed by atoms with Gasteiger partial charge in [0.05, 0.1) is 15.9 Å². The van der Waals surface area contributed by atoms with E-state index in [2.05, 4.69) is 15.0 Å². The van der Waals surface area contributed by atoms with Crippen molar-refractivity contribution < 1.29 is 4.21 Å². The van der Waals surface area contributed by atoms with E-state index in [0.29, 0.717) is 16.5 Å². The number of nitrogens with zero attached hydrogens (tertiary/aromatic N) is 2. The number of nitrogens with one attached hydrogen (secondary N) is 2. The minimum atomic E-state index is -1.45. The number of hydrogen-bond donors (Lipinski definition) is 2. The predicted molar refractivity (Wildman–Crippen MR) is 115 cm³/mol. The lowest BCUT2D eigenvalue weighted by atomic mass is 10.2. The van der Waals surface area contributed by atoms with Crippen molar-refractivity contribution in [3.05, 3.63) is 83.9 Å². The summed E-state index contributed by atoms with van der Waals surface area (Å²) in [7, 11) is -1.45. The molecule has 0 fully saturated rings. The van der Waals surface area contributed by atoms with E-state index in [1.165, 1.54) is 0 Å². The lowest BCUT2D eigenvalue weighted by Crippen LogP contribution is -2.10. The van der Waals surface area contributed by atoms with Crippen LogP contribution in [0.25, 0.3) is 11.0 Å². The highest BCUT2D eigenvalue weighted by atomic mass is 32.2. The first-order valence-electron chi connectivity index (χ1n) is 8.95. The summed E-state index contributed by atoms with van der Waals surface area (Å²) in [6, 6.07) is 23.1. The lowest BCUT2D eigenvalue weighted by molar-refractivity contribution is 0.686. The Morgan fingerprint density at radius 1 is 0.750 bits per heavy atom. The molecule has 1 aromatic heterocycles. The third-order valence-corrected chi connectivity index (χ3v) is 5.47. The third-order valence-electron chi connectivity index (χ3n) is 4.39. The SMILES string of the molecule is Cc1ccc(S(=O)Nc2nc3ccccc3nc2Nc2ccccc2C)cc1. The molecule has 0 saturated carbocycles. The monoisotopic (exact) mass is 388 g/mol. The predicted octanol–water partition coefficient (Wildman–Crippen LogP) is 5.12. The van der Waals surface area contributed by atoms with Gasteiger partial charge in [-0.25, -0.2) is 14.2 Å². The fourth-order valence-electron chi connectivity index (χ4n) is 2.81. The van der Waals surface area contributed by atoms with Gasteiger partial charge in [-0.05, 0) is 49.7 Å². The molecule has 1 unspecified atom stereocenters. The van der Waals surface area contributed by atoms with Crippen molar-refractivity contribution in [1.29, 1.82) is 0 Å². The summed E-state index contributed by atoms with van der Waals surface area (Å²) >= 11 is 0.